The van der Waals surface area contributed by atoms with Gasteiger partial charge in [0.25, 0.3) is 5.91 Å². The number of fused-ring (bicyclic) bond motifs is 1. The zero-order chi connectivity index (χ0) is 21.1. The quantitative estimate of drug-likeness (QED) is 0.462. The summed E-state index contributed by atoms with van der Waals surface area (Å²) < 4.78 is 7.73. The van der Waals surface area contributed by atoms with Gasteiger partial charge in [0.2, 0.25) is 0 Å². The molecule has 1 amide bonds. The number of nitrogens with zero attached hydrogens (tertiary/aromatic N) is 3. The van der Waals surface area contributed by atoms with E-state index in [-0.39, 0.29) is 5.91 Å². The van der Waals surface area contributed by atoms with E-state index < -0.39 is 0 Å². The molecule has 1 heterocycles. The van der Waals surface area contributed by atoms with E-state index in [0.29, 0.717) is 35.5 Å². The molecule has 0 spiro atoms. The summed E-state index contributed by atoms with van der Waals surface area (Å²) in [4.78, 5) is 20.1. The van der Waals surface area contributed by atoms with E-state index in [4.69, 9.17) is 21.3 Å². The first-order valence-electron chi connectivity index (χ1n) is 10.3. The number of benzene rings is 2. The number of amides is 1. The standard InChI is InChI=1S/C24H26ClN3O2/c1-3-14-27(24(29)19-15-17(25)12-13-22(19)30-2)16-23-26-20-10-6-7-11-21(20)28(23)18-8-4-5-9-18/h3,6-7,10-13,15,18H,1,4-5,8-9,14,16H2,2H3. The Labute approximate surface area is 181 Å². The van der Waals surface area contributed by atoms with Crippen molar-refractivity contribution < 1.29 is 9.53 Å². The van der Waals surface area contributed by atoms with Crippen LogP contribution in [-0.4, -0.2) is 34.0 Å². The van der Waals surface area contributed by atoms with E-state index in [1.54, 1.807) is 36.3 Å². The van der Waals surface area contributed by atoms with Gasteiger partial charge in [-0.15, -0.1) is 6.58 Å². The molecule has 5 nitrogen and oxygen atoms in total. The molecular weight excluding hydrogens is 398 g/mol. The van der Waals surface area contributed by atoms with E-state index in [9.17, 15) is 4.79 Å². The lowest BCUT2D eigenvalue weighted by Crippen LogP contribution is -2.32. The Bertz CT molecular complexity index is 1070. The molecule has 0 unspecified atom stereocenters. The molecule has 30 heavy (non-hydrogen) atoms. The monoisotopic (exact) mass is 423 g/mol. The van der Waals surface area contributed by atoms with Crippen LogP contribution >= 0.6 is 11.6 Å². The SMILES string of the molecule is C=CCN(Cc1nc2ccccc2n1C1CCCC1)C(=O)c1cc(Cl)ccc1OC. The molecule has 6 heteroatoms. The maximum absolute atomic E-state index is 13.4. The van der Waals surface area contributed by atoms with Gasteiger partial charge in [-0.2, -0.15) is 0 Å². The molecular formula is C24H26ClN3O2. The first kappa shape index (κ1) is 20.5. The number of halogens is 1. The molecule has 1 aliphatic carbocycles. The van der Waals surface area contributed by atoms with E-state index in [1.807, 2.05) is 18.2 Å². The zero-order valence-electron chi connectivity index (χ0n) is 17.2. The van der Waals surface area contributed by atoms with Crippen LogP contribution in [0, 0.1) is 0 Å². The van der Waals surface area contributed by atoms with Crippen LogP contribution < -0.4 is 4.74 Å². The molecule has 156 valence electrons. The minimum Gasteiger partial charge on any atom is -0.496 e. The van der Waals surface area contributed by atoms with Gasteiger partial charge >= 0.3 is 0 Å². The number of carbonyl (C=O) groups excluding carboxylic acids is 1. The second kappa shape index (κ2) is 8.92. The lowest BCUT2D eigenvalue weighted by atomic mass is 10.1. The van der Waals surface area contributed by atoms with E-state index in [1.165, 1.54) is 12.8 Å². The first-order valence-corrected chi connectivity index (χ1v) is 10.7. The summed E-state index contributed by atoms with van der Waals surface area (Å²) in [6.07, 6.45) is 6.48. The van der Waals surface area contributed by atoms with Crippen molar-refractivity contribution in [2.24, 2.45) is 0 Å². The van der Waals surface area contributed by atoms with Gasteiger partial charge in [-0.1, -0.05) is 42.7 Å². The number of ether oxygens (including phenoxy) is 1. The Balaban J connectivity index is 1.73. The van der Waals surface area contributed by atoms with Crippen molar-refractivity contribution in [3.63, 3.8) is 0 Å². The van der Waals surface area contributed by atoms with Gasteiger partial charge in [-0.3, -0.25) is 4.79 Å². The van der Waals surface area contributed by atoms with Gasteiger partial charge in [0, 0.05) is 17.6 Å². The molecule has 1 saturated carbocycles. The summed E-state index contributed by atoms with van der Waals surface area (Å²) >= 11 is 6.16. The van der Waals surface area contributed by atoms with E-state index in [2.05, 4.69) is 17.2 Å². The molecule has 4 rings (SSSR count). The zero-order valence-corrected chi connectivity index (χ0v) is 17.9. The van der Waals surface area contributed by atoms with Crippen molar-refractivity contribution in [2.75, 3.05) is 13.7 Å². The number of methoxy groups -OCH3 is 1. The van der Waals surface area contributed by atoms with Crippen LogP contribution in [0.3, 0.4) is 0 Å². The predicted molar refractivity (Wildman–Crippen MR) is 120 cm³/mol. The third-order valence-electron chi connectivity index (χ3n) is 5.72. The molecule has 1 aromatic heterocycles. The van der Waals surface area contributed by atoms with Crippen molar-refractivity contribution in [3.8, 4) is 5.75 Å². The van der Waals surface area contributed by atoms with Crippen molar-refractivity contribution in [2.45, 2.75) is 38.3 Å². The lowest BCUT2D eigenvalue weighted by molar-refractivity contribution is 0.0753. The third kappa shape index (κ3) is 3.94. The number of hydrogen-bond donors (Lipinski definition) is 0. The molecule has 0 atom stereocenters. The first-order chi connectivity index (χ1) is 14.6. The van der Waals surface area contributed by atoms with Gasteiger partial charge < -0.3 is 14.2 Å². The summed E-state index contributed by atoms with van der Waals surface area (Å²) in [6.45, 7) is 4.64. The van der Waals surface area contributed by atoms with E-state index >= 15 is 0 Å². The van der Waals surface area contributed by atoms with Crippen LogP contribution in [0.4, 0.5) is 0 Å². The molecule has 0 radical (unpaired) electrons. The minimum absolute atomic E-state index is 0.153. The van der Waals surface area contributed by atoms with Crippen molar-refractivity contribution in [1.29, 1.82) is 0 Å². The van der Waals surface area contributed by atoms with Crippen molar-refractivity contribution >= 4 is 28.5 Å². The number of carbonyl (C=O) groups is 1. The maximum Gasteiger partial charge on any atom is 0.258 e. The van der Waals surface area contributed by atoms with Gasteiger partial charge in [-0.05, 0) is 43.2 Å². The summed E-state index contributed by atoms with van der Waals surface area (Å²) in [7, 11) is 1.55. The van der Waals surface area contributed by atoms with Gasteiger partial charge in [-0.25, -0.2) is 4.98 Å². The predicted octanol–water partition coefficient (Wildman–Crippen LogP) is 5.64. The van der Waals surface area contributed by atoms with Crippen molar-refractivity contribution in [1.82, 2.24) is 14.5 Å². The molecule has 1 fully saturated rings. The summed E-state index contributed by atoms with van der Waals surface area (Å²) in [5.74, 6) is 1.25. The highest BCUT2D eigenvalue weighted by Gasteiger charge is 2.26. The number of rotatable bonds is 7. The smallest absolute Gasteiger partial charge is 0.258 e. The largest absolute Gasteiger partial charge is 0.496 e. The van der Waals surface area contributed by atoms with Crippen LogP contribution in [0.2, 0.25) is 5.02 Å². The van der Waals surface area contributed by atoms with Gasteiger partial charge in [0.15, 0.2) is 0 Å². The minimum atomic E-state index is -0.153. The lowest BCUT2D eigenvalue weighted by Gasteiger charge is -2.24. The van der Waals surface area contributed by atoms with Crippen LogP contribution in [0.5, 0.6) is 5.75 Å². The average Bonchev–Trinajstić information content (AvgIpc) is 3.40. The van der Waals surface area contributed by atoms with Crippen molar-refractivity contribution in [3.05, 3.63) is 71.5 Å². The summed E-state index contributed by atoms with van der Waals surface area (Å²) in [5, 5.41) is 0.496. The number of para-hydroxylation sites is 2. The molecule has 0 N–H and O–H groups in total. The van der Waals surface area contributed by atoms with Crippen LogP contribution in [0.15, 0.2) is 55.1 Å². The molecule has 3 aromatic rings. The normalized spacial score (nSPS) is 14.2. The molecule has 0 aliphatic heterocycles. The number of hydrogen-bond acceptors (Lipinski definition) is 3. The van der Waals surface area contributed by atoms with E-state index in [0.717, 1.165) is 29.7 Å². The maximum atomic E-state index is 13.4. The topological polar surface area (TPSA) is 47.4 Å². The molecule has 0 saturated heterocycles. The fourth-order valence-corrected chi connectivity index (χ4v) is 4.51. The van der Waals surface area contributed by atoms with Gasteiger partial charge in [0.05, 0.1) is 30.3 Å². The Morgan fingerprint density at radius 1 is 1.30 bits per heavy atom. The molecule has 0 bridgehead atoms. The van der Waals surface area contributed by atoms with Crippen LogP contribution in [0.1, 0.15) is 47.9 Å². The summed E-state index contributed by atoms with van der Waals surface area (Å²) in [6, 6.07) is 13.7. The van der Waals surface area contributed by atoms with Gasteiger partial charge in [0.1, 0.15) is 11.6 Å². The Morgan fingerprint density at radius 3 is 2.80 bits per heavy atom. The number of imidazole rings is 1. The third-order valence-corrected chi connectivity index (χ3v) is 5.95. The second-order valence-electron chi connectivity index (χ2n) is 7.64. The highest BCUT2D eigenvalue weighted by molar-refractivity contribution is 6.31. The fourth-order valence-electron chi connectivity index (χ4n) is 4.34. The molecule has 1 aliphatic rings. The van der Waals surface area contributed by atoms with Crippen LogP contribution in [-0.2, 0) is 6.54 Å². The number of aromatic nitrogens is 2. The van der Waals surface area contributed by atoms with Crippen LogP contribution in [0.25, 0.3) is 11.0 Å². The highest BCUT2D eigenvalue weighted by atomic mass is 35.5. The Morgan fingerprint density at radius 2 is 2.07 bits per heavy atom. The average molecular weight is 424 g/mol. The Hall–Kier alpha value is -2.79. The highest BCUT2D eigenvalue weighted by Crippen LogP contribution is 2.34. The summed E-state index contributed by atoms with van der Waals surface area (Å²) in [5.41, 5.74) is 2.53. The molecule has 2 aromatic carbocycles. The second-order valence-corrected chi connectivity index (χ2v) is 8.08. The fraction of sp³-hybridized carbons (Fsp3) is 0.333. The Kier molecular flexibility index (Phi) is 6.09.